The molecule has 1 heterocycles. The van der Waals surface area contributed by atoms with Gasteiger partial charge in [-0.2, -0.15) is 0 Å². The summed E-state index contributed by atoms with van der Waals surface area (Å²) in [6.45, 7) is 5.88. The Hall–Kier alpha value is -3.22. The molecular weight excluding hydrogens is 563 g/mol. The number of benzene rings is 3. The number of para-hydroxylation sites is 1. The third-order valence-electron chi connectivity index (χ3n) is 7.97. The van der Waals surface area contributed by atoms with Crippen molar-refractivity contribution in [1.82, 2.24) is 4.90 Å². The van der Waals surface area contributed by atoms with Crippen molar-refractivity contribution in [3.05, 3.63) is 101 Å². The van der Waals surface area contributed by atoms with Crippen LogP contribution in [0.4, 0.5) is 17.1 Å². The van der Waals surface area contributed by atoms with Gasteiger partial charge >= 0.3 is 0 Å². The topological polar surface area (TPSA) is 44.8 Å². The van der Waals surface area contributed by atoms with Crippen LogP contribution in [0.2, 0.25) is 0 Å². The number of carbonyl (C=O) groups is 1. The van der Waals surface area contributed by atoms with Gasteiger partial charge in [0.25, 0.3) is 5.91 Å². The van der Waals surface area contributed by atoms with E-state index < -0.39 is 0 Å². The maximum atomic E-state index is 13.1. The van der Waals surface area contributed by atoms with Gasteiger partial charge in [-0.15, -0.1) is 11.8 Å². The van der Waals surface area contributed by atoms with Crippen molar-refractivity contribution in [1.29, 1.82) is 0 Å². The van der Waals surface area contributed by atoms with E-state index in [4.69, 9.17) is 4.84 Å². The molecule has 3 aromatic rings. The van der Waals surface area contributed by atoms with E-state index >= 15 is 0 Å². The third kappa shape index (κ3) is 11.7. The van der Waals surface area contributed by atoms with Gasteiger partial charge in [-0.05, 0) is 72.3 Å². The number of rotatable bonds is 20. The van der Waals surface area contributed by atoms with E-state index in [1.165, 1.54) is 75.5 Å². The Morgan fingerprint density at radius 2 is 1.43 bits per heavy atom. The third-order valence-corrected chi connectivity index (χ3v) is 8.99. The zero-order chi connectivity index (χ0) is 30.8. The molecule has 0 spiro atoms. The zero-order valence-electron chi connectivity index (χ0n) is 26.8. The normalized spacial score (nSPS) is 12.8. The molecule has 4 rings (SSSR count). The average Bonchev–Trinajstić information content (AvgIpc) is 3.46. The van der Waals surface area contributed by atoms with E-state index in [2.05, 4.69) is 48.5 Å². The second kappa shape index (κ2) is 19.2. The highest BCUT2D eigenvalue weighted by Crippen LogP contribution is 2.28. The van der Waals surface area contributed by atoms with Gasteiger partial charge in [0.05, 0.1) is 23.9 Å². The number of nitrogens with one attached hydrogen (secondary N) is 1. The summed E-state index contributed by atoms with van der Waals surface area (Å²) in [7, 11) is 0. The van der Waals surface area contributed by atoms with Gasteiger partial charge in [0.1, 0.15) is 0 Å². The number of carbonyl (C=O) groups excluding carboxylic acids is 1. The fraction of sp³-hybridized carbons (Fsp3) is 0.447. The van der Waals surface area contributed by atoms with Crippen molar-refractivity contribution in [2.45, 2.75) is 97.4 Å². The molecule has 1 aliphatic rings. The van der Waals surface area contributed by atoms with Crippen LogP contribution in [0.5, 0.6) is 0 Å². The summed E-state index contributed by atoms with van der Waals surface area (Å²) >= 11 is 1.85. The number of allylic oxidation sites excluding steroid dienone is 1. The van der Waals surface area contributed by atoms with Gasteiger partial charge in [0, 0.05) is 24.0 Å². The molecule has 0 unspecified atom stereocenters. The SMILES string of the molecule is CCCCCCCCCCCCCCON(c1ccccc1)c1ccc(NC(=O)c2cccc(CN3C=C(C)SC3)c2)cc1. The first-order chi connectivity index (χ1) is 21.6. The molecule has 0 atom stereocenters. The molecule has 0 saturated carbocycles. The highest BCUT2D eigenvalue weighted by Gasteiger charge is 2.14. The summed E-state index contributed by atoms with van der Waals surface area (Å²) < 4.78 is 0. The summed E-state index contributed by atoms with van der Waals surface area (Å²) in [5, 5.41) is 4.96. The molecule has 1 amide bonds. The quantitative estimate of drug-likeness (QED) is 0.101. The molecule has 6 heteroatoms. The van der Waals surface area contributed by atoms with Crippen molar-refractivity contribution < 1.29 is 9.63 Å². The predicted octanol–water partition coefficient (Wildman–Crippen LogP) is 11.1. The maximum Gasteiger partial charge on any atom is 0.255 e. The van der Waals surface area contributed by atoms with Crippen LogP contribution in [-0.4, -0.2) is 23.3 Å². The molecule has 1 aliphatic heterocycles. The van der Waals surface area contributed by atoms with Crippen LogP contribution in [0.1, 0.15) is 107 Å². The minimum Gasteiger partial charge on any atom is -0.363 e. The predicted molar refractivity (Wildman–Crippen MR) is 188 cm³/mol. The van der Waals surface area contributed by atoms with Gasteiger partial charge in [-0.3, -0.25) is 9.63 Å². The van der Waals surface area contributed by atoms with Crippen LogP contribution in [0.25, 0.3) is 0 Å². The monoisotopic (exact) mass is 613 g/mol. The molecule has 0 bridgehead atoms. The van der Waals surface area contributed by atoms with Crippen molar-refractivity contribution in [3.63, 3.8) is 0 Å². The first kappa shape index (κ1) is 33.7. The Balaban J connectivity index is 1.22. The van der Waals surface area contributed by atoms with Crippen LogP contribution in [0, 0.1) is 0 Å². The Labute approximate surface area is 270 Å². The van der Waals surface area contributed by atoms with Crippen LogP contribution in [-0.2, 0) is 11.4 Å². The molecule has 3 aromatic carbocycles. The maximum absolute atomic E-state index is 13.1. The number of nitrogens with zero attached hydrogens (tertiary/aromatic N) is 2. The van der Waals surface area contributed by atoms with E-state index in [1.807, 2.05) is 77.5 Å². The Morgan fingerprint density at radius 3 is 2.07 bits per heavy atom. The number of thioether (sulfide) groups is 1. The van der Waals surface area contributed by atoms with E-state index in [0.717, 1.165) is 41.5 Å². The molecule has 0 fully saturated rings. The van der Waals surface area contributed by atoms with E-state index in [1.54, 1.807) is 0 Å². The minimum absolute atomic E-state index is 0.106. The lowest BCUT2D eigenvalue weighted by atomic mass is 10.1. The zero-order valence-corrected chi connectivity index (χ0v) is 27.6. The molecule has 0 radical (unpaired) electrons. The van der Waals surface area contributed by atoms with Gasteiger partial charge in [-0.25, -0.2) is 5.06 Å². The summed E-state index contributed by atoms with van der Waals surface area (Å²) in [5.74, 6) is 0.850. The fourth-order valence-electron chi connectivity index (χ4n) is 5.50. The molecule has 236 valence electrons. The molecule has 0 aliphatic carbocycles. The van der Waals surface area contributed by atoms with Crippen molar-refractivity contribution >= 4 is 34.7 Å². The Bertz CT molecular complexity index is 1280. The van der Waals surface area contributed by atoms with Crippen LogP contribution in [0.3, 0.4) is 0 Å². The van der Waals surface area contributed by atoms with Crippen molar-refractivity contribution in [2.24, 2.45) is 0 Å². The number of hydrogen-bond acceptors (Lipinski definition) is 5. The number of amides is 1. The van der Waals surface area contributed by atoms with Crippen LogP contribution in [0.15, 0.2) is 90.0 Å². The molecule has 5 nitrogen and oxygen atoms in total. The van der Waals surface area contributed by atoms with E-state index in [-0.39, 0.29) is 5.91 Å². The van der Waals surface area contributed by atoms with Crippen molar-refractivity contribution in [2.75, 3.05) is 22.9 Å². The van der Waals surface area contributed by atoms with Gasteiger partial charge in [0.15, 0.2) is 0 Å². The van der Waals surface area contributed by atoms with Gasteiger partial charge in [-0.1, -0.05) is 108 Å². The van der Waals surface area contributed by atoms with Gasteiger partial charge < -0.3 is 10.2 Å². The molecular formula is C38H51N3O2S. The summed E-state index contributed by atoms with van der Waals surface area (Å²) in [6.07, 6.45) is 18.1. The largest absolute Gasteiger partial charge is 0.363 e. The summed E-state index contributed by atoms with van der Waals surface area (Å²) in [5.41, 5.74) is 4.47. The Kier molecular flexibility index (Phi) is 14.7. The first-order valence-electron chi connectivity index (χ1n) is 16.7. The molecule has 1 N–H and O–H groups in total. The number of anilines is 3. The first-order valence-corrected chi connectivity index (χ1v) is 17.6. The number of hydrogen-bond donors (Lipinski definition) is 1. The lowest BCUT2D eigenvalue weighted by molar-refractivity contribution is 0.102. The van der Waals surface area contributed by atoms with Gasteiger partial charge in [0.2, 0.25) is 0 Å². The second-order valence-electron chi connectivity index (χ2n) is 11.8. The lowest BCUT2D eigenvalue weighted by Crippen LogP contribution is -2.18. The average molecular weight is 614 g/mol. The molecule has 44 heavy (non-hydrogen) atoms. The number of unbranched alkanes of at least 4 members (excludes halogenated alkanes) is 11. The smallest absolute Gasteiger partial charge is 0.255 e. The summed E-state index contributed by atoms with van der Waals surface area (Å²) in [6, 6.07) is 26.0. The van der Waals surface area contributed by atoms with E-state index in [9.17, 15) is 4.79 Å². The lowest BCUT2D eigenvalue weighted by Gasteiger charge is -2.24. The Morgan fingerprint density at radius 1 is 0.795 bits per heavy atom. The van der Waals surface area contributed by atoms with Crippen molar-refractivity contribution in [3.8, 4) is 0 Å². The van der Waals surface area contributed by atoms with E-state index in [0.29, 0.717) is 12.2 Å². The standard InChI is InChI=1S/C38H51N3O2S/c1-3-4-5-6-7-8-9-10-11-12-13-17-27-43-41(36-21-15-14-16-22-36)37-25-23-35(24-26-37)39-38(42)34-20-18-19-33(28-34)30-40-29-32(2)44-31-40/h14-16,18-26,28-29H,3-13,17,27,30-31H2,1-2H3,(H,39,42). The highest BCUT2D eigenvalue weighted by atomic mass is 32.2. The van der Waals surface area contributed by atoms with Crippen LogP contribution < -0.4 is 10.4 Å². The minimum atomic E-state index is -0.106. The fourth-order valence-corrected chi connectivity index (χ4v) is 6.26. The molecule has 0 aromatic heterocycles. The molecule has 0 saturated heterocycles. The highest BCUT2D eigenvalue weighted by molar-refractivity contribution is 8.03. The second-order valence-corrected chi connectivity index (χ2v) is 13.0. The summed E-state index contributed by atoms with van der Waals surface area (Å²) in [4.78, 5) is 23.0. The van der Waals surface area contributed by atoms with Crippen LogP contribution >= 0.6 is 11.8 Å².